The fourth-order valence-corrected chi connectivity index (χ4v) is 7.64. The Balaban J connectivity index is 1.38. The van der Waals surface area contributed by atoms with Crippen LogP contribution in [0.5, 0.6) is 5.75 Å². The van der Waals surface area contributed by atoms with E-state index < -0.39 is 11.2 Å². The summed E-state index contributed by atoms with van der Waals surface area (Å²) in [5.41, 5.74) is 3.49. The lowest BCUT2D eigenvalue weighted by molar-refractivity contribution is -0.129. The number of fused-ring (bicyclic) bond motifs is 1. The molecule has 4 aromatic rings. The largest absolute Gasteiger partial charge is 0.495 e. The molecular weight excluding hydrogens is 641 g/mol. The highest BCUT2D eigenvalue weighted by Gasteiger charge is 2.32. The summed E-state index contributed by atoms with van der Waals surface area (Å²) >= 11 is 8.26. The van der Waals surface area contributed by atoms with Crippen LogP contribution in [-0.2, 0) is 27.3 Å². The molecule has 3 aromatic carbocycles. The Labute approximate surface area is 281 Å². The van der Waals surface area contributed by atoms with Crippen molar-refractivity contribution in [1.29, 1.82) is 0 Å². The lowest BCUT2D eigenvalue weighted by Gasteiger charge is -2.25. The molecule has 9 nitrogen and oxygen atoms in total. The molecule has 0 spiro atoms. The number of anilines is 3. The highest BCUT2D eigenvalue weighted by Crippen LogP contribution is 2.41. The first-order chi connectivity index (χ1) is 22.3. The maximum Gasteiger partial charge on any atom is 0.341 e. The number of rotatable bonds is 10. The molecule has 0 saturated heterocycles. The van der Waals surface area contributed by atoms with E-state index in [0.717, 1.165) is 32.3 Å². The van der Waals surface area contributed by atoms with Gasteiger partial charge < -0.3 is 30.3 Å². The van der Waals surface area contributed by atoms with Crippen LogP contribution in [-0.4, -0.2) is 48.1 Å². The van der Waals surface area contributed by atoms with Gasteiger partial charge >= 0.3 is 5.97 Å². The second-order valence-electron chi connectivity index (χ2n) is 10.3. The van der Waals surface area contributed by atoms with Crippen molar-refractivity contribution in [2.75, 3.05) is 36.2 Å². The number of hydrogen-bond donors (Lipinski definition) is 3. The van der Waals surface area contributed by atoms with Gasteiger partial charge in [-0.1, -0.05) is 48.5 Å². The Hall–Kier alpha value is -4.39. The molecule has 2 heterocycles. The molecule has 1 aliphatic heterocycles. The van der Waals surface area contributed by atoms with E-state index in [9.17, 15) is 14.4 Å². The van der Waals surface area contributed by atoms with Crippen molar-refractivity contribution in [2.45, 2.75) is 37.0 Å². The summed E-state index contributed by atoms with van der Waals surface area (Å²) in [6, 6.07) is 24.6. The van der Waals surface area contributed by atoms with E-state index >= 15 is 0 Å². The zero-order valence-electron chi connectivity index (χ0n) is 25.6. The van der Waals surface area contributed by atoms with E-state index in [1.165, 1.54) is 30.0 Å². The molecule has 12 heteroatoms. The molecular formula is C34H34N4O5S3. The fraction of sp³-hybridized carbons (Fsp3) is 0.235. The molecule has 5 rings (SSSR count). The monoisotopic (exact) mass is 674 g/mol. The number of nitrogens with zero attached hydrogens (tertiary/aromatic N) is 1. The van der Waals surface area contributed by atoms with E-state index in [-0.39, 0.29) is 18.4 Å². The third kappa shape index (κ3) is 7.87. The van der Waals surface area contributed by atoms with Crippen LogP contribution >= 0.6 is 35.3 Å². The molecule has 1 aromatic heterocycles. The predicted octanol–water partition coefficient (Wildman–Crippen LogP) is 7.12. The molecule has 0 saturated carbocycles. The molecule has 1 atom stereocenters. The summed E-state index contributed by atoms with van der Waals surface area (Å²) in [5, 5.41) is 9.60. The van der Waals surface area contributed by atoms with E-state index in [1.807, 2.05) is 78.9 Å². The quantitative estimate of drug-likeness (QED) is 0.0921. The molecule has 3 N–H and O–H groups in total. The summed E-state index contributed by atoms with van der Waals surface area (Å²) in [6.07, 6.45) is 0.514. The van der Waals surface area contributed by atoms with E-state index in [4.69, 9.17) is 21.7 Å². The number of thiocarbonyl (C=S) groups is 1. The zero-order valence-corrected chi connectivity index (χ0v) is 28.1. The van der Waals surface area contributed by atoms with Gasteiger partial charge in [-0.05, 0) is 67.0 Å². The van der Waals surface area contributed by atoms with Gasteiger partial charge in [-0.2, -0.15) is 0 Å². The Morgan fingerprint density at radius 1 is 1.00 bits per heavy atom. The van der Waals surface area contributed by atoms with Crippen molar-refractivity contribution in [3.8, 4) is 5.75 Å². The van der Waals surface area contributed by atoms with Crippen LogP contribution in [0.3, 0.4) is 0 Å². The van der Waals surface area contributed by atoms with Crippen molar-refractivity contribution in [3.63, 3.8) is 0 Å². The molecule has 238 valence electrons. The summed E-state index contributed by atoms with van der Waals surface area (Å²) in [7, 11) is 1.60. The Morgan fingerprint density at radius 3 is 2.50 bits per heavy atom. The molecule has 0 aliphatic carbocycles. The van der Waals surface area contributed by atoms with Gasteiger partial charge in [-0.25, -0.2) is 4.79 Å². The van der Waals surface area contributed by atoms with Crippen molar-refractivity contribution < 1.29 is 23.9 Å². The number of para-hydroxylation sites is 2. The number of thioether (sulfide) groups is 1. The van der Waals surface area contributed by atoms with Crippen LogP contribution in [0, 0.1) is 0 Å². The predicted molar refractivity (Wildman–Crippen MR) is 188 cm³/mol. The highest BCUT2D eigenvalue weighted by molar-refractivity contribution is 8.00. The minimum atomic E-state index is -0.641. The maximum absolute atomic E-state index is 14.1. The number of amides is 2. The van der Waals surface area contributed by atoms with Crippen LogP contribution in [0.25, 0.3) is 0 Å². The summed E-state index contributed by atoms with van der Waals surface area (Å²) in [6.45, 7) is 4.38. The van der Waals surface area contributed by atoms with Gasteiger partial charge in [-0.15, -0.1) is 23.1 Å². The second kappa shape index (κ2) is 15.3. The van der Waals surface area contributed by atoms with E-state index in [2.05, 4.69) is 16.0 Å². The van der Waals surface area contributed by atoms with Crippen molar-refractivity contribution in [3.05, 3.63) is 100 Å². The first-order valence-corrected chi connectivity index (χ1v) is 16.8. The van der Waals surface area contributed by atoms with Crippen molar-refractivity contribution in [2.24, 2.45) is 0 Å². The molecule has 0 fully saturated rings. The SMILES string of the molecule is CCOC(=O)c1c(NC(=O)C(Sc2cccc(NC(=S)Nc3ccccc3OC)c2)c2ccccc2)sc2c1CCN(C(C)=O)C2. The minimum Gasteiger partial charge on any atom is -0.495 e. The zero-order chi connectivity index (χ0) is 32.6. The Bertz CT molecular complexity index is 1740. The van der Waals surface area contributed by atoms with Gasteiger partial charge in [0, 0.05) is 28.9 Å². The number of benzene rings is 3. The maximum atomic E-state index is 14.1. The Kier molecular flexibility index (Phi) is 10.9. The first-order valence-electron chi connectivity index (χ1n) is 14.7. The minimum absolute atomic E-state index is 0.0316. The highest BCUT2D eigenvalue weighted by atomic mass is 32.2. The number of nitrogens with one attached hydrogen (secondary N) is 3. The van der Waals surface area contributed by atoms with E-state index in [1.54, 1.807) is 18.9 Å². The lowest BCUT2D eigenvalue weighted by Crippen LogP contribution is -2.34. The molecule has 0 bridgehead atoms. The van der Waals surface area contributed by atoms with Gasteiger partial charge in [0.05, 0.1) is 31.5 Å². The second-order valence-corrected chi connectivity index (χ2v) is 13.0. The summed E-state index contributed by atoms with van der Waals surface area (Å²) in [5.74, 6) is -0.125. The van der Waals surface area contributed by atoms with Crippen molar-refractivity contribution >= 4 is 74.6 Å². The Morgan fingerprint density at radius 2 is 1.76 bits per heavy atom. The number of carbonyl (C=O) groups is 3. The average Bonchev–Trinajstić information content (AvgIpc) is 3.41. The summed E-state index contributed by atoms with van der Waals surface area (Å²) < 4.78 is 10.8. The van der Waals surface area contributed by atoms with Gasteiger partial charge in [0.15, 0.2) is 5.11 Å². The molecule has 46 heavy (non-hydrogen) atoms. The van der Waals surface area contributed by atoms with Crippen molar-refractivity contribution in [1.82, 2.24) is 4.90 Å². The molecule has 1 aliphatic rings. The van der Waals surface area contributed by atoms with Gasteiger partial charge in [0.1, 0.15) is 16.0 Å². The van der Waals surface area contributed by atoms with Crippen LogP contribution in [0.2, 0.25) is 0 Å². The number of hydrogen-bond acceptors (Lipinski definition) is 8. The molecule has 0 radical (unpaired) electrons. The number of methoxy groups -OCH3 is 1. The summed E-state index contributed by atoms with van der Waals surface area (Å²) in [4.78, 5) is 42.7. The third-order valence-electron chi connectivity index (χ3n) is 7.26. The van der Waals surface area contributed by atoms with Crippen LogP contribution in [0.1, 0.15) is 45.5 Å². The third-order valence-corrected chi connectivity index (χ3v) is 9.84. The smallest absolute Gasteiger partial charge is 0.341 e. The number of thiophene rings is 1. The fourth-order valence-electron chi connectivity index (χ4n) is 5.07. The van der Waals surface area contributed by atoms with Crippen LogP contribution < -0.4 is 20.7 Å². The van der Waals surface area contributed by atoms with Crippen LogP contribution in [0.4, 0.5) is 16.4 Å². The number of esters is 1. The molecule has 2 amide bonds. The number of ether oxygens (including phenoxy) is 2. The van der Waals surface area contributed by atoms with Gasteiger partial charge in [0.25, 0.3) is 0 Å². The number of carbonyl (C=O) groups excluding carboxylic acids is 3. The van der Waals surface area contributed by atoms with Gasteiger partial charge in [-0.3, -0.25) is 9.59 Å². The van der Waals surface area contributed by atoms with Crippen LogP contribution in [0.15, 0.2) is 83.8 Å². The lowest BCUT2D eigenvalue weighted by atomic mass is 10.0. The standard InChI is InChI=1S/C34H34N4O5S3/c1-4-43-33(41)29-25-17-18-38(21(2)39)20-28(25)46-32(29)37-31(40)30(22-11-6-5-7-12-22)45-24-14-10-13-23(19-24)35-34(44)36-26-15-8-9-16-27(26)42-3/h5-16,19,30H,4,17-18,20H2,1-3H3,(H,37,40)(H2,35,36,44). The van der Waals surface area contributed by atoms with Gasteiger partial charge in [0.2, 0.25) is 11.8 Å². The van der Waals surface area contributed by atoms with E-state index in [0.29, 0.717) is 40.9 Å². The first kappa shape index (κ1) is 33.0. The normalized spacial score (nSPS) is 12.8. The molecule has 1 unspecified atom stereocenters. The topological polar surface area (TPSA) is 109 Å². The average molecular weight is 675 g/mol.